The Hall–Kier alpha value is 6.55. The number of hydrogen-bond donors (Lipinski definition) is 0. The van der Waals surface area contributed by atoms with Crippen molar-refractivity contribution in [1.29, 1.82) is 0 Å². The fraction of sp³-hybridized carbons (Fsp3) is 0.200. The van der Waals surface area contributed by atoms with E-state index in [-0.39, 0.29) is 529 Å². The Labute approximate surface area is 983 Å². The molecule has 0 N–H and O–H groups in total. The predicted molar refractivity (Wildman–Crippen MR) is 446 cm³/mol. The maximum atomic E-state index is 2.00. The zero-order valence-corrected chi connectivity index (χ0v) is 107. The van der Waals surface area contributed by atoms with Gasteiger partial charge in [-0.05, 0) is 0 Å². The van der Waals surface area contributed by atoms with Crippen LogP contribution in [0.1, 0.15) is 126 Å². The van der Waals surface area contributed by atoms with E-state index in [1.54, 1.807) is 0 Å². The summed E-state index contributed by atoms with van der Waals surface area (Å²) in [6, 6.07) is 120. The first-order valence-electron chi connectivity index (χ1n) is 28.0. The minimum Gasteiger partial charge on any atom is -0.358 e. The maximum absolute atomic E-state index is 2.00. The quantitative estimate of drug-likeness (QED) is 0.133. The van der Waals surface area contributed by atoms with Crippen LogP contribution >= 0.6 is 0 Å². The Morgan fingerprint density at radius 3 is 0.0874 bits per heavy atom. The summed E-state index contributed by atoms with van der Waals surface area (Å²) in [5.74, 6) is 0. The summed E-state index contributed by atoms with van der Waals surface area (Å²) in [7, 11) is 0. The Bertz CT molecular complexity index is 1300. The summed E-state index contributed by atoms with van der Waals surface area (Å²) in [5.41, 5.74) is 0. The van der Waals surface area contributed by atoms with Gasteiger partial charge >= 0.3 is 0 Å². The Morgan fingerprint density at radius 2 is 0.0777 bits per heavy atom. The molecule has 10 aromatic rings. The Morgan fingerprint density at radius 1 is 0.0680 bits per heavy atom. The molecule has 0 nitrogen and oxygen atoms in total. The summed E-state index contributed by atoms with van der Waals surface area (Å²) in [4.78, 5) is 0. The Balaban J connectivity index is -0.0000000144. The van der Waals surface area contributed by atoms with Gasteiger partial charge in [-0.2, -0.15) is 0 Å². The molecule has 0 amide bonds. The molecule has 0 aliphatic rings. The minimum absolute atomic E-state index is 0. The molecule has 0 saturated heterocycles. The molecule has 0 spiro atoms. The average Bonchev–Trinajstić information content (AvgIpc) is 3.60. The second-order valence-electron chi connectivity index (χ2n) is 11.5. The van der Waals surface area contributed by atoms with Crippen LogP contribution in [0.15, 0.2) is 364 Å². The van der Waals surface area contributed by atoms with Crippen molar-refractivity contribution in [2.24, 2.45) is 0 Å². The van der Waals surface area contributed by atoms with Gasteiger partial charge in [-0.1, -0.05) is 490 Å². The molecule has 0 unspecified atom stereocenters. The minimum atomic E-state index is 0. The third-order valence-electron chi connectivity index (χ3n) is 6.67. The average molecular weight is 2390 g/mol. The first-order valence-corrected chi connectivity index (χ1v) is 28.0. The number of hydrogen-bond acceptors (Lipinski definition) is 0. The second-order valence-corrected chi connectivity index (χ2v) is 11.5. The second kappa shape index (κ2) is 284. The fourth-order valence-electron chi connectivity index (χ4n) is 3.85. The van der Waals surface area contributed by atoms with E-state index in [4.69, 9.17) is 0 Å². The van der Waals surface area contributed by atoms with Crippen LogP contribution in [-0.2, 0) is 425 Å². The van der Waals surface area contributed by atoms with Crippen LogP contribution in [0.25, 0.3) is 0 Å². The van der Waals surface area contributed by atoms with Gasteiger partial charge in [0.15, 0.2) is 0 Å². The summed E-state index contributed by atoms with van der Waals surface area (Å²) in [5, 5.41) is 0. The summed E-state index contributed by atoms with van der Waals surface area (Å²) >= 11 is 0. The molecule has 0 aliphatic heterocycles. The molecule has 563 valence electrons. The summed E-state index contributed by atoms with van der Waals surface area (Å²) in [6.45, 7) is 32.0. The van der Waals surface area contributed by atoms with E-state index in [2.05, 4.69) is 0 Å². The van der Waals surface area contributed by atoms with E-state index in [0.29, 0.717) is 0 Å². The van der Waals surface area contributed by atoms with Crippen LogP contribution in [0, 0.1) is 89.1 Å². The molecule has 10 rings (SSSR count). The standard InChI is InChI=1S/10C6H6.8C2H6.2CH4.12CH3.13Y/c10*1-2-4-6-5-3-1;8*1-2;;;;;;;;;;;;;;;;;;;;;;;;;;;/h10*1-6H;8*1-2H3;2*1H4;12*1H3;;;;;;;;;;;;;/q;;;;;;;;;;;;;;;;;;;;12*-1;;;;;;;;;;;;;. The van der Waals surface area contributed by atoms with Gasteiger partial charge in [0.05, 0.1) is 0 Å². The van der Waals surface area contributed by atoms with E-state index in [1.165, 1.54) is 0 Å². The smallest absolute Gasteiger partial charge is 0 e. The fourth-order valence-corrected chi connectivity index (χ4v) is 3.85. The first kappa shape index (κ1) is 232. The number of benzene rings is 10. The van der Waals surface area contributed by atoms with Crippen molar-refractivity contribution in [3.63, 3.8) is 0 Å². The molecule has 13 heteroatoms. The van der Waals surface area contributed by atoms with Crippen molar-refractivity contribution in [2.75, 3.05) is 0 Å². The van der Waals surface area contributed by atoms with Crippen molar-refractivity contribution in [3.05, 3.63) is 453 Å². The van der Waals surface area contributed by atoms with Gasteiger partial charge in [0, 0.05) is 425 Å². The van der Waals surface area contributed by atoms with Crippen LogP contribution in [0.3, 0.4) is 0 Å². The third-order valence-corrected chi connectivity index (χ3v) is 6.67. The zero-order chi connectivity index (χ0) is 58.4. The molecule has 0 bridgehead atoms. The monoisotopic (exact) mass is 2390 g/mol. The SMILES string of the molecule is C.C.CC.CC.CC.CC.CC.CC.CC.CC.[CH3-].[CH3-].[CH3-].[CH3-].[CH3-].[CH3-].[CH3-].[CH3-].[CH3-].[CH3-].[CH3-].[CH3-].[Y].[Y].[Y].[Y].[Y].[Y].[Y].[Y].[Y].[Y].[Y].[Y].[Y].c1ccccc1.c1ccccc1.c1ccccc1.c1ccccc1.c1ccccc1.c1ccccc1.c1ccccc1.c1ccccc1.c1ccccc1.c1ccccc1. The predicted octanol–water partition coefficient (Wildman–Crippen LogP) is 31.7. The van der Waals surface area contributed by atoms with Crippen molar-refractivity contribution in [1.82, 2.24) is 0 Å². The van der Waals surface area contributed by atoms with Crippen LogP contribution < -0.4 is 0 Å². The van der Waals surface area contributed by atoms with E-state index in [9.17, 15) is 0 Å². The molecule has 10 aromatic carbocycles. The van der Waals surface area contributed by atoms with Gasteiger partial charge in [-0.25, -0.2) is 0 Å². The molecule has 0 heterocycles. The molecule has 0 aromatic heterocycles. The van der Waals surface area contributed by atoms with Gasteiger partial charge in [-0.3, -0.25) is 0 Å². The van der Waals surface area contributed by atoms with Gasteiger partial charge in [0.1, 0.15) is 0 Å². The molecule has 13 radical (unpaired) electrons. The van der Waals surface area contributed by atoms with Crippen LogP contribution in [-0.4, -0.2) is 0 Å². The van der Waals surface area contributed by atoms with Crippen molar-refractivity contribution < 1.29 is 425 Å². The first-order chi connectivity index (χ1) is 38.0. The van der Waals surface area contributed by atoms with Crippen molar-refractivity contribution in [3.8, 4) is 0 Å². The Kier molecular flexibility index (Phi) is 639. The molecule has 0 saturated carbocycles. The van der Waals surface area contributed by atoms with Crippen LogP contribution in [0.5, 0.6) is 0 Å². The van der Waals surface area contributed by atoms with E-state index in [0.717, 1.165) is 0 Å². The van der Waals surface area contributed by atoms with Gasteiger partial charge in [-0.15, -0.1) is 0 Å². The largest absolute Gasteiger partial charge is 0.358 e. The molecular weight excluding hydrogens is 2240 g/mol. The summed E-state index contributed by atoms with van der Waals surface area (Å²) in [6.07, 6.45) is 0. The maximum Gasteiger partial charge on any atom is 0 e. The van der Waals surface area contributed by atoms with Crippen molar-refractivity contribution >= 4 is 0 Å². The normalized spacial score (nSPS) is 5.13. The van der Waals surface area contributed by atoms with E-state index >= 15 is 0 Å². The summed E-state index contributed by atoms with van der Waals surface area (Å²) < 4.78 is 0. The van der Waals surface area contributed by atoms with Gasteiger partial charge < -0.3 is 89.1 Å². The van der Waals surface area contributed by atoms with Crippen LogP contribution in [0.4, 0.5) is 0 Å². The molecule has 0 fully saturated rings. The molecule has 0 atom stereocenters. The van der Waals surface area contributed by atoms with E-state index < -0.39 is 0 Å². The number of rotatable bonds is 0. The molecule has 103 heavy (non-hydrogen) atoms. The van der Waals surface area contributed by atoms with Crippen molar-refractivity contribution in [2.45, 2.75) is 126 Å². The van der Waals surface area contributed by atoms with Gasteiger partial charge in [0.25, 0.3) is 0 Å². The zero-order valence-electron chi connectivity index (χ0n) is 70.1. The van der Waals surface area contributed by atoms with E-state index in [1.807, 2.05) is 475 Å². The van der Waals surface area contributed by atoms with Crippen LogP contribution in [0.2, 0.25) is 0 Å². The molecule has 0 aliphatic carbocycles. The topological polar surface area (TPSA) is 0 Å². The van der Waals surface area contributed by atoms with Gasteiger partial charge in [0.2, 0.25) is 0 Å². The molecular formula is C90H152Y13-12. The third kappa shape index (κ3) is 278.